The van der Waals surface area contributed by atoms with E-state index in [4.69, 9.17) is 9.47 Å². The van der Waals surface area contributed by atoms with Crippen LogP contribution < -0.4 is 14.4 Å². The van der Waals surface area contributed by atoms with Gasteiger partial charge in [-0.25, -0.2) is 13.8 Å². The van der Waals surface area contributed by atoms with Crippen molar-refractivity contribution in [3.05, 3.63) is 84.2 Å². The number of pyridine rings is 1. The van der Waals surface area contributed by atoms with E-state index in [0.29, 0.717) is 16.2 Å². The van der Waals surface area contributed by atoms with Gasteiger partial charge in [-0.05, 0) is 29.8 Å². The number of nitrogens with zero attached hydrogens (tertiary/aromatic N) is 3. The Balaban J connectivity index is 1.43. The molecule has 1 atom stereocenters. The van der Waals surface area contributed by atoms with Crippen LogP contribution in [0.25, 0.3) is 10.9 Å². The highest BCUT2D eigenvalue weighted by Crippen LogP contribution is 2.36. The second-order valence-corrected chi connectivity index (χ2v) is 15.4. The predicted molar refractivity (Wildman–Crippen MR) is 188 cm³/mol. The summed E-state index contributed by atoms with van der Waals surface area (Å²) in [7, 11) is -3.02. The van der Waals surface area contributed by atoms with Crippen LogP contribution in [0.1, 0.15) is 16.1 Å². The van der Waals surface area contributed by atoms with Crippen molar-refractivity contribution < 1.29 is 31.5 Å². The van der Waals surface area contributed by atoms with Crippen LogP contribution in [0.2, 0.25) is 0 Å². The number of ether oxygens (including phenoxy) is 2. The maximum absolute atomic E-state index is 14.0. The first-order valence-corrected chi connectivity index (χ1v) is 19.1. The molecule has 10 nitrogen and oxygen atoms in total. The van der Waals surface area contributed by atoms with Gasteiger partial charge >= 0.3 is 0 Å². The van der Waals surface area contributed by atoms with Gasteiger partial charge < -0.3 is 24.7 Å². The summed E-state index contributed by atoms with van der Waals surface area (Å²) < 4.78 is 66.8. The summed E-state index contributed by atoms with van der Waals surface area (Å²) >= 11 is 3.73. The summed E-state index contributed by atoms with van der Waals surface area (Å²) in [6.07, 6.45) is -1.72. The third kappa shape index (κ3) is 9.62. The van der Waals surface area contributed by atoms with E-state index in [2.05, 4.69) is 32.3 Å². The average Bonchev–Trinajstić information content (AvgIpc) is 3.54. The Morgan fingerprint density at radius 1 is 1.10 bits per heavy atom. The first kappa shape index (κ1) is 35.9. The molecule has 1 saturated heterocycles. The van der Waals surface area contributed by atoms with E-state index in [1.54, 1.807) is 23.9 Å². The third-order valence-corrected chi connectivity index (χ3v) is 11.6. The van der Waals surface area contributed by atoms with E-state index in [-0.39, 0.29) is 46.1 Å². The van der Waals surface area contributed by atoms with E-state index in [9.17, 15) is 22.0 Å². The van der Waals surface area contributed by atoms with E-state index < -0.39 is 28.9 Å². The Morgan fingerprint density at radius 3 is 2.58 bits per heavy atom. The molecule has 0 spiro atoms. The third-order valence-electron chi connectivity index (χ3n) is 7.63. The largest absolute Gasteiger partial charge is 0.491 e. The van der Waals surface area contributed by atoms with Crippen molar-refractivity contribution in [2.24, 2.45) is 0 Å². The van der Waals surface area contributed by atoms with E-state index in [1.165, 1.54) is 43.1 Å². The first-order valence-electron chi connectivity index (χ1n) is 15.5. The number of nitrogens with one attached hydrogen (secondary N) is 2. The summed E-state index contributed by atoms with van der Waals surface area (Å²) in [4.78, 5) is 22.9. The van der Waals surface area contributed by atoms with Crippen LogP contribution in [-0.2, 0) is 20.5 Å². The van der Waals surface area contributed by atoms with Crippen LogP contribution >= 0.6 is 23.5 Å². The molecule has 5 rings (SSSR count). The van der Waals surface area contributed by atoms with Crippen molar-refractivity contribution in [1.82, 2.24) is 20.2 Å². The lowest BCUT2D eigenvalue weighted by molar-refractivity contribution is 0.0948. The number of thioether (sulfide) groups is 2. The zero-order valence-corrected chi connectivity index (χ0v) is 29.0. The second kappa shape index (κ2) is 17.3. The van der Waals surface area contributed by atoms with Gasteiger partial charge in [0.05, 0.1) is 24.4 Å². The Bertz CT molecular complexity index is 1730. The Hall–Kier alpha value is -3.37. The number of halogens is 2. The van der Waals surface area contributed by atoms with Crippen LogP contribution in [0.15, 0.2) is 78.0 Å². The standard InChI is InChI=1S/C33H39F2N5O5S3/c1-44-13-14-45-26-17-25-18-28(38-32(25)29(19-26)40(22-30(34)35)48(42,43)31-9-5-6-10-36-31)33(41)37-20-27(21-39-11-15-46-16-12-39)47-23-24-7-3-2-4-8-24/h2-10,17-19,27,30,38H,11-16,20-23H2,1H3,(H,37,41). The topological polar surface area (TPSA) is 117 Å². The molecular formula is C33H39F2N5O5S3. The predicted octanol–water partition coefficient (Wildman–Crippen LogP) is 5.13. The van der Waals surface area contributed by atoms with Crippen molar-refractivity contribution in [3.63, 3.8) is 0 Å². The smallest absolute Gasteiger partial charge is 0.282 e. The molecule has 1 aliphatic heterocycles. The minimum atomic E-state index is -4.53. The monoisotopic (exact) mass is 719 g/mol. The highest BCUT2D eigenvalue weighted by Gasteiger charge is 2.31. The number of fused-ring (bicyclic) bond motifs is 1. The fourth-order valence-corrected chi connectivity index (χ4v) is 8.74. The summed E-state index contributed by atoms with van der Waals surface area (Å²) in [5.41, 5.74) is 1.46. The number of H-pyrrole nitrogens is 1. The Labute approximate surface area is 288 Å². The molecule has 0 radical (unpaired) electrons. The summed E-state index contributed by atoms with van der Waals surface area (Å²) in [6, 6.07) is 19.0. The number of methoxy groups -OCH3 is 1. The number of aromatic nitrogens is 2. The van der Waals surface area contributed by atoms with Gasteiger partial charge in [-0.15, -0.1) is 0 Å². The van der Waals surface area contributed by atoms with Gasteiger partial charge in [0, 0.05) is 73.4 Å². The zero-order valence-electron chi connectivity index (χ0n) is 26.5. The molecule has 1 amide bonds. The van der Waals surface area contributed by atoms with Crippen LogP contribution in [0.4, 0.5) is 14.5 Å². The molecule has 258 valence electrons. The number of sulfonamides is 1. The number of hydrogen-bond donors (Lipinski definition) is 2. The van der Waals surface area contributed by atoms with Crippen molar-refractivity contribution in [2.45, 2.75) is 22.5 Å². The number of alkyl halides is 2. The Kier molecular flexibility index (Phi) is 13.0. The van der Waals surface area contributed by atoms with Gasteiger partial charge in [-0.2, -0.15) is 31.9 Å². The number of anilines is 1. The van der Waals surface area contributed by atoms with Crippen molar-refractivity contribution in [2.75, 3.05) is 68.9 Å². The van der Waals surface area contributed by atoms with Gasteiger partial charge in [0.15, 0.2) is 5.03 Å². The lowest BCUT2D eigenvalue weighted by Crippen LogP contribution is -2.42. The fourth-order valence-electron chi connectivity index (χ4n) is 5.25. The van der Waals surface area contributed by atoms with E-state index >= 15 is 0 Å². The number of amides is 1. The van der Waals surface area contributed by atoms with Crippen LogP contribution in [0.3, 0.4) is 0 Å². The lowest BCUT2D eigenvalue weighted by atomic mass is 10.2. The SMILES string of the molecule is COCCOc1cc(N(CC(F)F)S(=O)(=O)c2ccccn2)c2[nH]c(C(=O)NCC(CN3CCSCC3)SCc3ccccc3)cc2c1. The molecule has 1 unspecified atom stereocenters. The first-order chi connectivity index (χ1) is 23.2. The van der Waals surface area contributed by atoms with Gasteiger partial charge in [0.25, 0.3) is 22.4 Å². The summed E-state index contributed by atoms with van der Waals surface area (Å²) in [5.74, 6) is 2.79. The van der Waals surface area contributed by atoms with Crippen molar-refractivity contribution in [1.29, 1.82) is 0 Å². The molecule has 4 aromatic rings. The Morgan fingerprint density at radius 2 is 1.88 bits per heavy atom. The quantitative estimate of drug-likeness (QED) is 0.143. The van der Waals surface area contributed by atoms with Gasteiger partial charge in [0.2, 0.25) is 0 Å². The van der Waals surface area contributed by atoms with Crippen LogP contribution in [0, 0.1) is 0 Å². The van der Waals surface area contributed by atoms with E-state index in [1.807, 2.05) is 30.0 Å². The molecule has 1 aliphatic rings. The maximum Gasteiger partial charge on any atom is 0.282 e. The number of hydrogen-bond acceptors (Lipinski definition) is 9. The van der Waals surface area contributed by atoms with E-state index in [0.717, 1.165) is 36.9 Å². The highest BCUT2D eigenvalue weighted by atomic mass is 32.2. The van der Waals surface area contributed by atoms with Gasteiger partial charge in [0.1, 0.15) is 18.1 Å². The number of aromatic amines is 1. The molecule has 0 aliphatic carbocycles. The molecule has 1 fully saturated rings. The fraction of sp³-hybridized carbons (Fsp3) is 0.394. The number of carbonyl (C=O) groups is 1. The molecule has 0 bridgehead atoms. The summed E-state index contributed by atoms with van der Waals surface area (Å²) in [6.45, 7) is 2.48. The molecule has 48 heavy (non-hydrogen) atoms. The zero-order chi connectivity index (χ0) is 33.9. The van der Waals surface area contributed by atoms with Crippen LogP contribution in [0.5, 0.6) is 5.75 Å². The second-order valence-electron chi connectivity index (χ2n) is 11.1. The average molecular weight is 720 g/mol. The van der Waals surface area contributed by atoms with Crippen molar-refractivity contribution >= 4 is 56.0 Å². The number of benzene rings is 2. The molecule has 2 aromatic carbocycles. The van der Waals surface area contributed by atoms with Crippen LogP contribution in [-0.4, -0.2) is 105 Å². The molecule has 15 heteroatoms. The summed E-state index contributed by atoms with van der Waals surface area (Å²) in [5, 5.41) is 3.19. The molecule has 0 saturated carbocycles. The maximum atomic E-state index is 14.0. The molecule has 2 N–H and O–H groups in total. The number of rotatable bonds is 17. The normalized spacial score (nSPS) is 14.7. The minimum absolute atomic E-state index is 0.0934. The minimum Gasteiger partial charge on any atom is -0.491 e. The number of carbonyl (C=O) groups excluding carboxylic acids is 1. The highest BCUT2D eigenvalue weighted by molar-refractivity contribution is 7.99. The van der Waals surface area contributed by atoms with Gasteiger partial charge in [-0.1, -0.05) is 36.4 Å². The van der Waals surface area contributed by atoms with Gasteiger partial charge in [-0.3, -0.25) is 9.10 Å². The molecule has 3 heterocycles. The lowest BCUT2D eigenvalue weighted by Gasteiger charge is -2.30. The molecule has 2 aromatic heterocycles. The van der Waals surface area contributed by atoms with Crippen molar-refractivity contribution in [3.8, 4) is 5.75 Å². The molecular weight excluding hydrogens is 681 g/mol.